The molecule has 1 aliphatic rings. The van der Waals surface area contributed by atoms with E-state index in [1.807, 2.05) is 0 Å². The van der Waals surface area contributed by atoms with Crippen LogP contribution < -0.4 is 0 Å². The summed E-state index contributed by atoms with van der Waals surface area (Å²) in [6.07, 6.45) is 16.2. The highest BCUT2D eigenvalue weighted by atomic mass is 16.3. The highest BCUT2D eigenvalue weighted by Crippen LogP contribution is 2.20. The lowest BCUT2D eigenvalue weighted by molar-refractivity contribution is 0.153. The molecule has 1 heterocycles. The lowest BCUT2D eigenvalue weighted by atomic mass is 10.0. The van der Waals surface area contributed by atoms with Crippen LogP contribution in [0.1, 0.15) is 88.7 Å². The van der Waals surface area contributed by atoms with E-state index < -0.39 is 0 Å². The van der Waals surface area contributed by atoms with Crippen LogP contribution in [0.4, 0.5) is 0 Å². The topological polar surface area (TPSA) is 23.5 Å². The maximum absolute atomic E-state index is 9.43. The Morgan fingerprint density at radius 2 is 1.48 bits per heavy atom. The first kappa shape index (κ1) is 20.5. The van der Waals surface area contributed by atoms with E-state index in [0.29, 0.717) is 12.6 Å². The molecule has 1 fully saturated rings. The number of aliphatic hydroxyl groups is 1. The molecule has 2 nitrogen and oxygen atoms in total. The smallest absolute Gasteiger partial charge is 0.0587 e. The summed E-state index contributed by atoms with van der Waals surface area (Å²) in [7, 11) is 0. The molecular weight excluding hydrogens is 306 g/mol. The fraction of sp³-hybridized carbons (Fsp3) is 0.739. The lowest BCUT2D eigenvalue weighted by Gasteiger charge is -2.22. The number of likely N-dealkylation sites (tertiary alicyclic amines) is 1. The van der Waals surface area contributed by atoms with Crippen LogP contribution in [0.2, 0.25) is 0 Å². The van der Waals surface area contributed by atoms with Gasteiger partial charge in [-0.15, -0.1) is 0 Å². The summed E-state index contributed by atoms with van der Waals surface area (Å²) in [6, 6.07) is 9.57. The Morgan fingerprint density at radius 3 is 2.12 bits per heavy atom. The van der Waals surface area contributed by atoms with Gasteiger partial charge in [-0.2, -0.15) is 0 Å². The van der Waals surface area contributed by atoms with Crippen molar-refractivity contribution < 1.29 is 5.11 Å². The summed E-state index contributed by atoms with van der Waals surface area (Å²) in [5.74, 6) is 0. The maximum atomic E-state index is 9.43. The van der Waals surface area contributed by atoms with Crippen molar-refractivity contribution >= 4 is 0 Å². The van der Waals surface area contributed by atoms with Crippen LogP contribution in [0.25, 0.3) is 0 Å². The number of rotatable bonds is 13. The second-order valence-corrected chi connectivity index (χ2v) is 7.84. The molecule has 1 aliphatic heterocycles. The normalized spacial score (nSPS) is 18.1. The molecule has 142 valence electrons. The first-order valence-corrected chi connectivity index (χ1v) is 10.8. The van der Waals surface area contributed by atoms with Crippen LogP contribution in [-0.4, -0.2) is 29.2 Å². The van der Waals surface area contributed by atoms with Crippen molar-refractivity contribution in [3.8, 4) is 0 Å². The van der Waals surface area contributed by atoms with Crippen molar-refractivity contribution in [3.05, 3.63) is 35.4 Å². The second-order valence-electron chi connectivity index (χ2n) is 7.84. The average Bonchev–Trinajstić information content (AvgIpc) is 3.09. The summed E-state index contributed by atoms with van der Waals surface area (Å²) in [6.45, 7) is 4.70. The van der Waals surface area contributed by atoms with Gasteiger partial charge in [0.25, 0.3) is 0 Å². The molecule has 0 unspecified atom stereocenters. The Labute approximate surface area is 155 Å². The van der Waals surface area contributed by atoms with Gasteiger partial charge < -0.3 is 5.11 Å². The molecule has 1 N–H and O–H groups in total. The number of hydrogen-bond donors (Lipinski definition) is 1. The van der Waals surface area contributed by atoms with Crippen molar-refractivity contribution in [2.45, 2.75) is 96.6 Å². The molecule has 0 bridgehead atoms. The molecule has 0 radical (unpaired) electrons. The predicted molar refractivity (Wildman–Crippen MR) is 108 cm³/mol. The zero-order valence-corrected chi connectivity index (χ0v) is 16.4. The van der Waals surface area contributed by atoms with Gasteiger partial charge in [-0.3, -0.25) is 4.90 Å². The Balaban J connectivity index is 1.56. The van der Waals surface area contributed by atoms with Crippen molar-refractivity contribution in [3.63, 3.8) is 0 Å². The molecule has 1 saturated heterocycles. The molecule has 0 aliphatic carbocycles. The molecule has 1 aromatic rings. The Kier molecular flexibility index (Phi) is 10.2. The number of hydrogen-bond acceptors (Lipinski definition) is 2. The standard InChI is InChI=1S/C23H39NO/c1-2-3-4-5-6-7-8-9-10-12-21-14-16-22(17-15-21)19-24-18-11-13-23(24)20-25/h14-17,23,25H,2-13,18-20H2,1H3/t23-/m1/s1. The Hall–Kier alpha value is -0.860. The molecular formula is C23H39NO. The number of nitrogens with zero attached hydrogens (tertiary/aromatic N) is 1. The molecule has 0 amide bonds. The minimum Gasteiger partial charge on any atom is -0.395 e. The van der Waals surface area contributed by atoms with Crippen LogP contribution in [0.5, 0.6) is 0 Å². The quantitative estimate of drug-likeness (QED) is 0.462. The van der Waals surface area contributed by atoms with E-state index in [0.717, 1.165) is 19.5 Å². The van der Waals surface area contributed by atoms with Crippen LogP contribution in [0.15, 0.2) is 24.3 Å². The van der Waals surface area contributed by atoms with Gasteiger partial charge in [-0.25, -0.2) is 0 Å². The van der Waals surface area contributed by atoms with Crippen molar-refractivity contribution in [2.75, 3.05) is 13.2 Å². The SMILES string of the molecule is CCCCCCCCCCCc1ccc(CN2CCC[C@@H]2CO)cc1. The van der Waals surface area contributed by atoms with Gasteiger partial charge in [0, 0.05) is 12.6 Å². The average molecular weight is 346 g/mol. The van der Waals surface area contributed by atoms with E-state index in [1.54, 1.807) is 0 Å². The predicted octanol–water partition coefficient (Wildman–Crippen LogP) is 5.72. The van der Waals surface area contributed by atoms with Gasteiger partial charge >= 0.3 is 0 Å². The van der Waals surface area contributed by atoms with Crippen LogP contribution in [0, 0.1) is 0 Å². The fourth-order valence-electron chi connectivity index (χ4n) is 4.00. The molecule has 1 aromatic carbocycles. The minimum atomic E-state index is 0.302. The van der Waals surface area contributed by atoms with E-state index in [4.69, 9.17) is 0 Å². The molecule has 0 aromatic heterocycles. The summed E-state index contributed by atoms with van der Waals surface area (Å²) in [5.41, 5.74) is 2.86. The molecule has 0 saturated carbocycles. The lowest BCUT2D eigenvalue weighted by Crippen LogP contribution is -2.31. The highest BCUT2D eigenvalue weighted by molar-refractivity contribution is 5.22. The number of unbranched alkanes of at least 4 members (excludes halogenated alkanes) is 8. The number of aryl methyl sites for hydroxylation is 1. The van der Waals surface area contributed by atoms with Crippen LogP contribution in [0.3, 0.4) is 0 Å². The Bertz CT molecular complexity index is 442. The van der Waals surface area contributed by atoms with Gasteiger partial charge in [0.1, 0.15) is 0 Å². The van der Waals surface area contributed by atoms with Gasteiger partial charge in [-0.05, 0) is 43.4 Å². The van der Waals surface area contributed by atoms with Crippen LogP contribution in [-0.2, 0) is 13.0 Å². The first-order chi connectivity index (χ1) is 12.3. The van der Waals surface area contributed by atoms with Crippen molar-refractivity contribution in [1.29, 1.82) is 0 Å². The third-order valence-electron chi connectivity index (χ3n) is 5.69. The van der Waals surface area contributed by atoms with E-state index in [1.165, 1.54) is 81.8 Å². The highest BCUT2D eigenvalue weighted by Gasteiger charge is 2.23. The minimum absolute atomic E-state index is 0.302. The third kappa shape index (κ3) is 7.92. The van der Waals surface area contributed by atoms with Gasteiger partial charge in [0.05, 0.1) is 6.61 Å². The molecule has 2 rings (SSSR count). The number of benzene rings is 1. The summed E-state index contributed by atoms with van der Waals surface area (Å²) < 4.78 is 0. The van der Waals surface area contributed by atoms with E-state index >= 15 is 0 Å². The molecule has 2 heteroatoms. The second kappa shape index (κ2) is 12.5. The number of aliphatic hydroxyl groups excluding tert-OH is 1. The largest absolute Gasteiger partial charge is 0.395 e. The molecule has 25 heavy (non-hydrogen) atoms. The van der Waals surface area contributed by atoms with Gasteiger partial charge in [0.15, 0.2) is 0 Å². The van der Waals surface area contributed by atoms with Gasteiger partial charge in [-0.1, -0.05) is 82.6 Å². The zero-order chi connectivity index (χ0) is 17.7. The summed E-state index contributed by atoms with van der Waals surface area (Å²) >= 11 is 0. The fourth-order valence-corrected chi connectivity index (χ4v) is 4.00. The molecule has 1 atom stereocenters. The molecule has 0 spiro atoms. The Morgan fingerprint density at radius 1 is 0.880 bits per heavy atom. The van der Waals surface area contributed by atoms with Crippen molar-refractivity contribution in [1.82, 2.24) is 4.90 Å². The van der Waals surface area contributed by atoms with Crippen molar-refractivity contribution in [2.24, 2.45) is 0 Å². The third-order valence-corrected chi connectivity index (χ3v) is 5.69. The first-order valence-electron chi connectivity index (χ1n) is 10.8. The summed E-state index contributed by atoms with van der Waals surface area (Å²) in [4.78, 5) is 2.43. The van der Waals surface area contributed by atoms with E-state index in [9.17, 15) is 5.11 Å². The van der Waals surface area contributed by atoms with Crippen LogP contribution >= 0.6 is 0 Å². The van der Waals surface area contributed by atoms with E-state index in [2.05, 4.69) is 36.1 Å². The van der Waals surface area contributed by atoms with E-state index in [-0.39, 0.29) is 0 Å². The maximum Gasteiger partial charge on any atom is 0.0587 e. The van der Waals surface area contributed by atoms with Gasteiger partial charge in [0.2, 0.25) is 0 Å². The zero-order valence-electron chi connectivity index (χ0n) is 16.4. The summed E-state index contributed by atoms with van der Waals surface area (Å²) in [5, 5.41) is 9.43. The monoisotopic (exact) mass is 345 g/mol.